The predicted octanol–water partition coefficient (Wildman–Crippen LogP) is 8.83. The van der Waals surface area contributed by atoms with Crippen LogP contribution in [0, 0.1) is 18.3 Å². The fourth-order valence-electron chi connectivity index (χ4n) is 2.66. The SMILES string of the molecule is C=C(CC(=NCC)/C(C=N)=C(\C)N)c1cccc(C)c1.CC.CC.CC.CCC(C)CC(C)=O. The number of aryl methyl sites for hydroxylation is 1. The van der Waals surface area contributed by atoms with Gasteiger partial charge in [0.25, 0.3) is 0 Å². The first-order valence-corrected chi connectivity index (χ1v) is 12.9. The highest BCUT2D eigenvalue weighted by Crippen LogP contribution is 2.20. The van der Waals surface area contributed by atoms with Crippen molar-refractivity contribution < 1.29 is 4.79 Å². The highest BCUT2D eigenvalue weighted by atomic mass is 16.1. The molecule has 34 heavy (non-hydrogen) atoms. The minimum absolute atomic E-state index is 0.305. The molecule has 1 rings (SSSR count). The van der Waals surface area contributed by atoms with Crippen LogP contribution in [0.5, 0.6) is 0 Å². The number of nitrogens with zero attached hydrogens (tertiary/aromatic N) is 1. The smallest absolute Gasteiger partial charge is 0.130 e. The Morgan fingerprint density at radius 1 is 1.12 bits per heavy atom. The van der Waals surface area contributed by atoms with Crippen molar-refractivity contribution in [2.75, 3.05) is 6.54 Å². The van der Waals surface area contributed by atoms with Gasteiger partial charge >= 0.3 is 0 Å². The van der Waals surface area contributed by atoms with Gasteiger partial charge in [0.2, 0.25) is 0 Å². The zero-order valence-electron chi connectivity index (χ0n) is 24.4. The first-order valence-electron chi connectivity index (χ1n) is 12.9. The van der Waals surface area contributed by atoms with Gasteiger partial charge < -0.3 is 15.9 Å². The van der Waals surface area contributed by atoms with E-state index in [2.05, 4.69) is 44.5 Å². The first kappa shape index (κ1) is 38.8. The second kappa shape index (κ2) is 26.8. The second-order valence-electron chi connectivity index (χ2n) is 7.23. The van der Waals surface area contributed by atoms with E-state index in [0.717, 1.165) is 29.7 Å². The molecule has 0 aliphatic carbocycles. The summed E-state index contributed by atoms with van der Waals surface area (Å²) in [7, 11) is 0. The minimum atomic E-state index is 0.305. The van der Waals surface area contributed by atoms with Crippen LogP contribution in [-0.2, 0) is 4.79 Å². The van der Waals surface area contributed by atoms with Gasteiger partial charge in [0.05, 0.1) is 0 Å². The number of nitrogens with two attached hydrogens (primary N) is 1. The van der Waals surface area contributed by atoms with E-state index in [1.54, 1.807) is 13.8 Å². The largest absolute Gasteiger partial charge is 0.402 e. The van der Waals surface area contributed by atoms with E-state index in [9.17, 15) is 4.79 Å². The molecular formula is C30H55N3O. The van der Waals surface area contributed by atoms with Crippen LogP contribution in [0.3, 0.4) is 0 Å². The molecule has 0 saturated carbocycles. The van der Waals surface area contributed by atoms with Crippen LogP contribution in [0.15, 0.2) is 47.1 Å². The van der Waals surface area contributed by atoms with Crippen LogP contribution in [0.1, 0.15) is 107 Å². The Morgan fingerprint density at radius 3 is 1.97 bits per heavy atom. The predicted molar refractivity (Wildman–Crippen MR) is 157 cm³/mol. The molecule has 1 atom stereocenters. The average molecular weight is 474 g/mol. The molecule has 1 aromatic carbocycles. The molecule has 0 radical (unpaired) electrons. The molecule has 4 heteroatoms. The number of benzene rings is 1. The lowest BCUT2D eigenvalue weighted by molar-refractivity contribution is -0.117. The molecule has 1 unspecified atom stereocenters. The molecular weight excluding hydrogens is 418 g/mol. The Kier molecular flexibility index (Phi) is 30.5. The van der Waals surface area contributed by atoms with Crippen LogP contribution in [0.25, 0.3) is 5.57 Å². The number of aliphatic imine (C=N–C) groups is 1. The summed E-state index contributed by atoms with van der Waals surface area (Å²) in [5, 5.41) is 7.51. The number of hydrogen-bond donors (Lipinski definition) is 2. The summed E-state index contributed by atoms with van der Waals surface area (Å²) in [6.45, 7) is 28.5. The van der Waals surface area contributed by atoms with Gasteiger partial charge in [-0.05, 0) is 44.7 Å². The topological polar surface area (TPSA) is 79.3 Å². The highest BCUT2D eigenvalue weighted by Gasteiger charge is 2.10. The number of Topliss-reactive ketones (excluding diaryl/α,β-unsaturated/α-hetero) is 1. The van der Waals surface area contributed by atoms with Crippen LogP contribution in [-0.4, -0.2) is 24.3 Å². The van der Waals surface area contributed by atoms with Crippen LogP contribution < -0.4 is 5.73 Å². The van der Waals surface area contributed by atoms with Crippen molar-refractivity contribution in [2.45, 2.75) is 102 Å². The van der Waals surface area contributed by atoms with Gasteiger partial charge in [-0.2, -0.15) is 0 Å². The third-order valence-corrected chi connectivity index (χ3v) is 4.37. The number of allylic oxidation sites excluding steroid dienone is 3. The van der Waals surface area contributed by atoms with Crippen LogP contribution >= 0.6 is 0 Å². The van der Waals surface area contributed by atoms with Crippen molar-refractivity contribution in [1.82, 2.24) is 0 Å². The Hall–Kier alpha value is -2.49. The first-order chi connectivity index (χ1) is 16.2. The maximum absolute atomic E-state index is 10.4. The molecule has 3 N–H and O–H groups in total. The fraction of sp³-hybridized carbons (Fsp3) is 0.567. The Morgan fingerprint density at radius 2 is 1.65 bits per heavy atom. The number of nitrogens with one attached hydrogen (secondary N) is 1. The minimum Gasteiger partial charge on any atom is -0.402 e. The normalized spacial score (nSPS) is 11.2. The quantitative estimate of drug-likeness (QED) is 0.351. The van der Waals surface area contributed by atoms with Crippen molar-refractivity contribution in [1.29, 1.82) is 5.41 Å². The standard InChI is InChI=1S/C17H23N3.C7H14O.3C2H6/c1-5-20-17(16(11-18)14(4)19)10-13(3)15-8-6-7-12(2)9-15;1-4-6(2)5-7(3)8;3*1-2/h6-9,11,18H,3,5,10,19H2,1-2,4H3;6H,4-5H2,1-3H3;3*1-2H3/b16-14+,18-11?,20-17?;;;;. The van der Waals surface area contributed by atoms with E-state index in [4.69, 9.17) is 11.1 Å². The Balaban J connectivity index is -0.000000269. The lowest BCUT2D eigenvalue weighted by Crippen LogP contribution is -2.12. The summed E-state index contributed by atoms with van der Waals surface area (Å²) < 4.78 is 0. The number of carbonyl (C=O) groups excluding carboxylic acids is 1. The van der Waals surface area contributed by atoms with E-state index < -0.39 is 0 Å². The van der Waals surface area contributed by atoms with Crippen molar-refractivity contribution in [3.63, 3.8) is 0 Å². The molecule has 0 heterocycles. The monoisotopic (exact) mass is 473 g/mol. The zero-order valence-corrected chi connectivity index (χ0v) is 24.4. The number of carbonyl (C=O) groups is 1. The third kappa shape index (κ3) is 20.1. The number of ketones is 1. The summed E-state index contributed by atoms with van der Waals surface area (Å²) in [6, 6.07) is 8.23. The van der Waals surface area contributed by atoms with Gasteiger partial charge in [-0.1, -0.05) is 98.2 Å². The number of rotatable bonds is 9. The molecule has 0 amide bonds. The third-order valence-electron chi connectivity index (χ3n) is 4.37. The van der Waals surface area contributed by atoms with Crippen molar-refractivity contribution in [3.05, 3.63) is 53.2 Å². The second-order valence-corrected chi connectivity index (χ2v) is 7.23. The zero-order chi connectivity index (χ0) is 27.7. The lowest BCUT2D eigenvalue weighted by Gasteiger charge is -2.12. The van der Waals surface area contributed by atoms with Gasteiger partial charge in [0.15, 0.2) is 0 Å². The van der Waals surface area contributed by atoms with E-state index in [1.807, 2.05) is 60.6 Å². The lowest BCUT2D eigenvalue weighted by atomic mass is 9.96. The molecule has 0 aliphatic heterocycles. The summed E-state index contributed by atoms with van der Waals surface area (Å²) in [5.74, 6) is 0.881. The number of hydrogen-bond acceptors (Lipinski definition) is 4. The molecule has 0 saturated heterocycles. The highest BCUT2D eigenvalue weighted by molar-refractivity contribution is 6.18. The molecule has 1 aromatic rings. The van der Waals surface area contributed by atoms with Gasteiger partial charge in [0, 0.05) is 42.6 Å². The maximum atomic E-state index is 10.4. The average Bonchev–Trinajstić information content (AvgIpc) is 2.83. The molecule has 0 spiro atoms. The van der Waals surface area contributed by atoms with Crippen molar-refractivity contribution >= 4 is 23.3 Å². The molecule has 0 bridgehead atoms. The van der Waals surface area contributed by atoms with Gasteiger partial charge in [0.1, 0.15) is 5.78 Å². The van der Waals surface area contributed by atoms with Gasteiger partial charge in [-0.25, -0.2) is 0 Å². The molecule has 0 fully saturated rings. The fourth-order valence-corrected chi connectivity index (χ4v) is 2.66. The summed E-state index contributed by atoms with van der Waals surface area (Å²) in [4.78, 5) is 14.9. The van der Waals surface area contributed by atoms with Crippen molar-refractivity contribution in [3.8, 4) is 0 Å². The summed E-state index contributed by atoms with van der Waals surface area (Å²) in [6.07, 6.45) is 3.74. The molecule has 4 nitrogen and oxygen atoms in total. The van der Waals surface area contributed by atoms with Gasteiger partial charge in [-0.15, -0.1) is 0 Å². The molecule has 196 valence electrons. The molecule has 0 aromatic heterocycles. The molecule has 0 aliphatic rings. The van der Waals surface area contributed by atoms with E-state index >= 15 is 0 Å². The summed E-state index contributed by atoms with van der Waals surface area (Å²) in [5.41, 5.74) is 11.3. The Bertz CT molecular complexity index is 726. The van der Waals surface area contributed by atoms with E-state index in [1.165, 1.54) is 11.8 Å². The van der Waals surface area contributed by atoms with E-state index in [-0.39, 0.29) is 0 Å². The van der Waals surface area contributed by atoms with Crippen molar-refractivity contribution in [2.24, 2.45) is 16.6 Å². The van der Waals surface area contributed by atoms with E-state index in [0.29, 0.717) is 35.9 Å². The van der Waals surface area contributed by atoms with Crippen LogP contribution in [0.2, 0.25) is 0 Å². The Labute approximate surface area is 212 Å². The van der Waals surface area contributed by atoms with Crippen LogP contribution in [0.4, 0.5) is 0 Å². The maximum Gasteiger partial charge on any atom is 0.130 e. The van der Waals surface area contributed by atoms with Gasteiger partial charge in [-0.3, -0.25) is 4.99 Å². The summed E-state index contributed by atoms with van der Waals surface area (Å²) >= 11 is 0.